The van der Waals surface area contributed by atoms with Gasteiger partial charge in [-0.2, -0.15) is 0 Å². The maximum Gasteiger partial charge on any atom is 0.241 e. The monoisotopic (exact) mass is 324 g/mol. The Balaban J connectivity index is 1.88. The van der Waals surface area contributed by atoms with Crippen molar-refractivity contribution >= 4 is 21.6 Å². The van der Waals surface area contributed by atoms with E-state index in [4.69, 9.17) is 0 Å². The number of pyridine rings is 1. The van der Waals surface area contributed by atoms with Crippen molar-refractivity contribution in [2.45, 2.75) is 12.0 Å². The van der Waals surface area contributed by atoms with E-state index < -0.39 is 10.0 Å². The number of amides is 1. The number of likely N-dealkylation sites (N-methyl/N-ethyl adjacent to an activating group) is 1. The lowest BCUT2D eigenvalue weighted by Gasteiger charge is -2.46. The Labute approximate surface area is 130 Å². The molecule has 1 aromatic rings. The zero-order valence-electron chi connectivity index (χ0n) is 12.8. The number of rotatable bonds is 2. The molecule has 1 atom stereocenters. The van der Waals surface area contributed by atoms with Gasteiger partial charge in [-0.15, -0.1) is 0 Å². The first-order valence-electron chi connectivity index (χ1n) is 7.19. The van der Waals surface area contributed by atoms with Crippen molar-refractivity contribution in [1.29, 1.82) is 0 Å². The normalized spacial score (nSPS) is 27.7. The minimum atomic E-state index is -3.21. The van der Waals surface area contributed by atoms with Crippen LogP contribution in [-0.2, 0) is 14.8 Å². The van der Waals surface area contributed by atoms with Gasteiger partial charge in [0, 0.05) is 25.8 Å². The van der Waals surface area contributed by atoms with Gasteiger partial charge in [-0.05, 0) is 25.6 Å². The summed E-state index contributed by atoms with van der Waals surface area (Å²) < 4.78 is 25.1. The third-order valence-electron chi connectivity index (χ3n) is 4.66. The van der Waals surface area contributed by atoms with Crippen LogP contribution in [0.2, 0.25) is 0 Å². The molecule has 8 heteroatoms. The van der Waals surface area contributed by atoms with E-state index in [1.165, 1.54) is 10.6 Å². The Kier molecular flexibility index (Phi) is 3.70. The maximum absolute atomic E-state index is 12.3. The molecule has 2 aliphatic heterocycles. The fraction of sp³-hybridized carbons (Fsp3) is 0.571. The molecule has 1 unspecified atom stereocenters. The first-order valence-corrected chi connectivity index (χ1v) is 9.03. The molecule has 120 valence electrons. The average Bonchev–Trinajstić information content (AvgIpc) is 2.90. The first kappa shape index (κ1) is 15.4. The molecule has 3 rings (SSSR count). The lowest BCUT2D eigenvalue weighted by atomic mass is 9.93. The van der Waals surface area contributed by atoms with Crippen molar-refractivity contribution in [2.24, 2.45) is 0 Å². The number of hydrogen-bond acceptors (Lipinski definition) is 5. The van der Waals surface area contributed by atoms with Gasteiger partial charge < -0.3 is 4.90 Å². The molecule has 0 bridgehead atoms. The van der Waals surface area contributed by atoms with Gasteiger partial charge in [0.05, 0.1) is 30.2 Å². The van der Waals surface area contributed by atoms with Crippen LogP contribution in [0.4, 0.5) is 5.69 Å². The van der Waals surface area contributed by atoms with Crippen LogP contribution < -0.4 is 4.90 Å². The van der Waals surface area contributed by atoms with Crippen LogP contribution in [0, 0.1) is 0 Å². The van der Waals surface area contributed by atoms with Crippen molar-refractivity contribution in [3.63, 3.8) is 0 Å². The predicted octanol–water partition coefficient (Wildman–Crippen LogP) is -0.236. The molecule has 0 saturated carbocycles. The third kappa shape index (κ3) is 2.62. The second-order valence-corrected chi connectivity index (χ2v) is 8.10. The lowest BCUT2D eigenvalue weighted by Crippen LogP contribution is -2.64. The van der Waals surface area contributed by atoms with Crippen LogP contribution in [0.15, 0.2) is 24.5 Å². The van der Waals surface area contributed by atoms with Crippen molar-refractivity contribution in [3.05, 3.63) is 24.5 Å². The van der Waals surface area contributed by atoms with Crippen LogP contribution in [0.5, 0.6) is 0 Å². The molecule has 0 radical (unpaired) electrons. The number of anilines is 1. The lowest BCUT2D eigenvalue weighted by molar-refractivity contribution is -0.123. The van der Waals surface area contributed by atoms with E-state index in [0.717, 1.165) is 12.1 Å². The molecule has 22 heavy (non-hydrogen) atoms. The molecule has 1 spiro atoms. The predicted molar refractivity (Wildman–Crippen MR) is 83.0 cm³/mol. The largest absolute Gasteiger partial charge is 0.308 e. The van der Waals surface area contributed by atoms with Gasteiger partial charge in [0.25, 0.3) is 0 Å². The number of carbonyl (C=O) groups is 1. The molecule has 2 aliphatic rings. The van der Waals surface area contributed by atoms with E-state index >= 15 is 0 Å². The second-order valence-electron chi connectivity index (χ2n) is 6.12. The Morgan fingerprint density at radius 2 is 2.09 bits per heavy atom. The topological polar surface area (TPSA) is 73.8 Å². The number of hydrogen-bond donors (Lipinski definition) is 0. The van der Waals surface area contributed by atoms with Gasteiger partial charge in [-0.25, -0.2) is 12.7 Å². The van der Waals surface area contributed by atoms with Crippen LogP contribution >= 0.6 is 0 Å². The minimum Gasteiger partial charge on any atom is -0.308 e. The summed E-state index contributed by atoms with van der Waals surface area (Å²) in [5, 5.41) is 0. The Bertz CT molecular complexity index is 679. The standard InChI is InChI=1S/C14H20N4O3S/c1-16-9-13(19)18(12-4-3-6-15-8-12)11-14(16)5-7-17(10-14)22(2,20)21/h3-4,6,8H,5,7,9-11H2,1-2H3. The maximum atomic E-state index is 12.3. The zero-order valence-corrected chi connectivity index (χ0v) is 13.6. The first-order chi connectivity index (χ1) is 10.3. The summed E-state index contributed by atoms with van der Waals surface area (Å²) in [6.45, 7) is 1.69. The van der Waals surface area contributed by atoms with Crippen molar-refractivity contribution in [1.82, 2.24) is 14.2 Å². The summed E-state index contributed by atoms with van der Waals surface area (Å²) in [5.41, 5.74) is 0.435. The molecular weight excluding hydrogens is 304 g/mol. The number of carbonyl (C=O) groups excluding carboxylic acids is 1. The number of piperazine rings is 1. The summed E-state index contributed by atoms with van der Waals surface area (Å²) in [5.74, 6) is 0.0129. The minimum absolute atomic E-state index is 0.0129. The van der Waals surface area contributed by atoms with Crippen molar-refractivity contribution < 1.29 is 13.2 Å². The fourth-order valence-electron chi connectivity index (χ4n) is 3.25. The highest BCUT2D eigenvalue weighted by Gasteiger charge is 2.49. The summed E-state index contributed by atoms with van der Waals surface area (Å²) in [6.07, 6.45) is 5.29. The Morgan fingerprint density at radius 3 is 2.68 bits per heavy atom. The van der Waals surface area contributed by atoms with Crippen molar-refractivity contribution in [3.8, 4) is 0 Å². The molecule has 0 aromatic carbocycles. The molecule has 2 saturated heterocycles. The quantitative estimate of drug-likeness (QED) is 0.751. The van der Waals surface area contributed by atoms with Crippen molar-refractivity contribution in [2.75, 3.05) is 44.4 Å². The molecular formula is C14H20N4O3S. The smallest absolute Gasteiger partial charge is 0.241 e. The fourth-order valence-corrected chi connectivity index (χ4v) is 4.15. The molecule has 1 aromatic heterocycles. The molecule has 1 amide bonds. The van der Waals surface area contributed by atoms with Crippen LogP contribution in [0.1, 0.15) is 6.42 Å². The molecule has 0 N–H and O–H groups in total. The Morgan fingerprint density at radius 1 is 1.32 bits per heavy atom. The third-order valence-corrected chi connectivity index (χ3v) is 5.91. The van der Waals surface area contributed by atoms with E-state index in [1.54, 1.807) is 23.4 Å². The highest BCUT2D eigenvalue weighted by Crippen LogP contribution is 2.33. The number of nitrogens with zero attached hydrogens (tertiary/aromatic N) is 4. The van der Waals surface area contributed by atoms with E-state index in [-0.39, 0.29) is 18.0 Å². The van der Waals surface area contributed by atoms with Crippen LogP contribution in [0.25, 0.3) is 0 Å². The number of aromatic nitrogens is 1. The van der Waals surface area contributed by atoms with Gasteiger partial charge >= 0.3 is 0 Å². The van der Waals surface area contributed by atoms with Gasteiger partial charge in [-0.1, -0.05) is 0 Å². The SMILES string of the molecule is CN1CC(=O)N(c2cccnc2)CC12CCN(S(C)(=O)=O)C2. The van der Waals surface area contributed by atoms with E-state index in [1.807, 2.05) is 18.0 Å². The van der Waals surface area contributed by atoms with E-state index in [2.05, 4.69) is 4.98 Å². The summed E-state index contributed by atoms with van der Waals surface area (Å²) in [7, 11) is -1.31. The molecule has 2 fully saturated rings. The highest BCUT2D eigenvalue weighted by atomic mass is 32.2. The van der Waals surface area contributed by atoms with E-state index in [0.29, 0.717) is 19.6 Å². The van der Waals surface area contributed by atoms with Gasteiger partial charge in [0.1, 0.15) is 0 Å². The zero-order chi connectivity index (χ0) is 16.0. The average molecular weight is 324 g/mol. The summed E-state index contributed by atoms with van der Waals surface area (Å²) >= 11 is 0. The summed E-state index contributed by atoms with van der Waals surface area (Å²) in [6, 6.07) is 3.65. The van der Waals surface area contributed by atoms with Gasteiger partial charge in [-0.3, -0.25) is 14.7 Å². The Hall–Kier alpha value is -1.51. The molecule has 0 aliphatic carbocycles. The molecule has 3 heterocycles. The highest BCUT2D eigenvalue weighted by molar-refractivity contribution is 7.88. The van der Waals surface area contributed by atoms with E-state index in [9.17, 15) is 13.2 Å². The number of sulfonamides is 1. The molecule has 7 nitrogen and oxygen atoms in total. The van der Waals surface area contributed by atoms with Crippen LogP contribution in [-0.4, -0.2) is 73.5 Å². The van der Waals surface area contributed by atoms with Crippen LogP contribution in [0.3, 0.4) is 0 Å². The van der Waals surface area contributed by atoms with Gasteiger partial charge in [0.15, 0.2) is 0 Å². The second kappa shape index (κ2) is 5.29. The van der Waals surface area contributed by atoms with Gasteiger partial charge in [0.2, 0.25) is 15.9 Å². The summed E-state index contributed by atoms with van der Waals surface area (Å²) in [4.78, 5) is 20.1.